The number of aliphatic hydroxyl groups excluding tert-OH is 1. The third kappa shape index (κ3) is 5.45. The van der Waals surface area contributed by atoms with Crippen molar-refractivity contribution in [1.29, 1.82) is 0 Å². The number of nitrogens with one attached hydrogen (secondary N) is 1. The molecule has 0 saturated carbocycles. The number of para-hydroxylation sites is 1. The molecular weight excluding hydrogens is 503 g/mol. The molecule has 3 aromatic rings. The van der Waals surface area contributed by atoms with E-state index < -0.39 is 25.9 Å². The van der Waals surface area contributed by atoms with Gasteiger partial charge in [-0.25, -0.2) is 18.2 Å². The molecule has 0 atom stereocenters. The van der Waals surface area contributed by atoms with Crippen LogP contribution in [0, 0.1) is 6.92 Å². The number of phenolic OH excluding ortho intramolecular Hbond substituents is 1. The van der Waals surface area contributed by atoms with Crippen molar-refractivity contribution in [3.63, 3.8) is 0 Å². The van der Waals surface area contributed by atoms with Gasteiger partial charge in [-0.15, -0.1) is 0 Å². The Kier molecular flexibility index (Phi) is 9.13. The average molecular weight is 536 g/mol. The number of benzene rings is 2. The molecule has 0 radical (unpaired) electrons. The smallest absolute Gasteiger partial charge is 0.260 e. The predicted molar refractivity (Wildman–Crippen MR) is 139 cm³/mol. The third-order valence-corrected chi connectivity index (χ3v) is 6.21. The standard InChI is InChI=1S/C27H32F3N3O5/c1-18-16-19(35)6-7-22(18)33-25-20-4-2-5-23(36-13-8-28)24(20)32-26(31-11-3-12-34)21(25)17-27(33,37-14-9-29)38-15-10-30/h2,4-7,16,34-35H,3,8-15,17H2,1H3,(H,31,32). The van der Waals surface area contributed by atoms with Crippen LogP contribution >= 0.6 is 0 Å². The molecule has 1 aromatic heterocycles. The molecule has 38 heavy (non-hydrogen) atoms. The summed E-state index contributed by atoms with van der Waals surface area (Å²) in [5.41, 5.74) is 2.98. The Morgan fingerprint density at radius 2 is 1.79 bits per heavy atom. The number of anilines is 3. The number of aromatic hydroxyl groups is 1. The van der Waals surface area contributed by atoms with Crippen LogP contribution in [0.4, 0.5) is 30.4 Å². The van der Waals surface area contributed by atoms with Crippen molar-refractivity contribution in [3.05, 3.63) is 47.5 Å². The highest BCUT2D eigenvalue weighted by molar-refractivity contribution is 6.02. The topological polar surface area (TPSA) is 96.3 Å². The molecular formula is C27H32F3N3O5. The summed E-state index contributed by atoms with van der Waals surface area (Å²) in [5, 5.41) is 23.3. The van der Waals surface area contributed by atoms with Gasteiger partial charge >= 0.3 is 0 Å². The quantitative estimate of drug-likeness (QED) is 0.202. The molecule has 2 heterocycles. The molecule has 0 aliphatic carbocycles. The summed E-state index contributed by atoms with van der Waals surface area (Å²) in [5.74, 6) is -0.754. The van der Waals surface area contributed by atoms with Crippen molar-refractivity contribution < 1.29 is 37.6 Å². The van der Waals surface area contributed by atoms with Crippen LogP contribution in [0.15, 0.2) is 36.4 Å². The highest BCUT2D eigenvalue weighted by Crippen LogP contribution is 2.52. The van der Waals surface area contributed by atoms with Crippen LogP contribution in [0.1, 0.15) is 17.5 Å². The fourth-order valence-corrected chi connectivity index (χ4v) is 4.74. The molecule has 0 saturated heterocycles. The molecule has 1 aliphatic heterocycles. The minimum Gasteiger partial charge on any atom is -0.508 e. The van der Waals surface area contributed by atoms with Crippen LogP contribution in [0.2, 0.25) is 0 Å². The second-order valence-electron chi connectivity index (χ2n) is 8.75. The summed E-state index contributed by atoms with van der Waals surface area (Å²) in [6.07, 6.45) is 0.528. The maximum absolute atomic E-state index is 13.4. The summed E-state index contributed by atoms with van der Waals surface area (Å²) >= 11 is 0. The lowest BCUT2D eigenvalue weighted by Gasteiger charge is -2.40. The lowest BCUT2D eigenvalue weighted by Crippen LogP contribution is -2.50. The van der Waals surface area contributed by atoms with E-state index in [-0.39, 0.29) is 38.6 Å². The first-order valence-electron chi connectivity index (χ1n) is 12.5. The van der Waals surface area contributed by atoms with Gasteiger partial charge in [0.25, 0.3) is 5.91 Å². The summed E-state index contributed by atoms with van der Waals surface area (Å²) in [4.78, 5) is 6.53. The second-order valence-corrected chi connectivity index (χ2v) is 8.75. The van der Waals surface area contributed by atoms with E-state index in [0.717, 1.165) is 0 Å². The minimum absolute atomic E-state index is 0.0321. The average Bonchev–Trinajstić information content (AvgIpc) is 3.25. The number of halogens is 3. The monoisotopic (exact) mass is 535 g/mol. The van der Waals surface area contributed by atoms with E-state index in [4.69, 9.17) is 19.2 Å². The molecule has 11 heteroatoms. The van der Waals surface area contributed by atoms with E-state index in [1.54, 1.807) is 36.1 Å². The Hall–Kier alpha value is -3.28. The number of pyridine rings is 1. The molecule has 3 N–H and O–H groups in total. The van der Waals surface area contributed by atoms with Gasteiger partial charge in [0.2, 0.25) is 0 Å². The SMILES string of the molecule is Cc1cc(O)ccc1N1c2c(c(NCCCO)nc3c(OCCF)cccc23)CC1(OCCF)OCCF. The number of ether oxygens (including phenoxy) is 3. The number of hydrogen-bond donors (Lipinski definition) is 3. The fraction of sp³-hybridized carbons (Fsp3) is 0.444. The van der Waals surface area contributed by atoms with Gasteiger partial charge in [-0.2, -0.15) is 0 Å². The van der Waals surface area contributed by atoms with Gasteiger partial charge in [0.15, 0.2) is 0 Å². The molecule has 8 nitrogen and oxygen atoms in total. The van der Waals surface area contributed by atoms with Gasteiger partial charge in [-0.3, -0.25) is 4.90 Å². The lowest BCUT2D eigenvalue weighted by molar-refractivity contribution is -0.229. The Bertz CT molecular complexity index is 1240. The second kappa shape index (κ2) is 12.5. The maximum atomic E-state index is 13.4. The summed E-state index contributed by atoms with van der Waals surface area (Å²) in [6.45, 7) is -0.875. The van der Waals surface area contributed by atoms with E-state index in [9.17, 15) is 23.4 Å². The third-order valence-electron chi connectivity index (χ3n) is 6.21. The number of hydrogen-bond acceptors (Lipinski definition) is 8. The van der Waals surface area contributed by atoms with Gasteiger partial charge in [-0.05, 0) is 43.2 Å². The normalized spacial score (nSPS) is 14.2. The van der Waals surface area contributed by atoms with Crippen LogP contribution in [-0.2, 0) is 15.9 Å². The van der Waals surface area contributed by atoms with Crippen LogP contribution in [0.5, 0.6) is 11.5 Å². The molecule has 0 spiro atoms. The molecule has 0 fully saturated rings. The largest absolute Gasteiger partial charge is 0.508 e. The van der Waals surface area contributed by atoms with E-state index in [0.29, 0.717) is 57.9 Å². The first kappa shape index (κ1) is 27.7. The number of alkyl halides is 3. The van der Waals surface area contributed by atoms with Gasteiger partial charge in [-0.1, -0.05) is 12.1 Å². The van der Waals surface area contributed by atoms with E-state index in [2.05, 4.69) is 5.32 Å². The van der Waals surface area contributed by atoms with Crippen molar-refractivity contribution in [2.45, 2.75) is 25.7 Å². The van der Waals surface area contributed by atoms with Gasteiger partial charge in [0, 0.05) is 29.8 Å². The summed E-state index contributed by atoms with van der Waals surface area (Å²) in [6, 6.07) is 10.0. The van der Waals surface area contributed by atoms with Crippen molar-refractivity contribution in [2.24, 2.45) is 0 Å². The van der Waals surface area contributed by atoms with Gasteiger partial charge in [0.1, 0.15) is 49.5 Å². The van der Waals surface area contributed by atoms with Crippen molar-refractivity contribution in [1.82, 2.24) is 4.98 Å². The molecule has 206 valence electrons. The summed E-state index contributed by atoms with van der Waals surface area (Å²) in [7, 11) is 0. The Labute approximate surface area is 218 Å². The van der Waals surface area contributed by atoms with Gasteiger partial charge < -0.3 is 29.7 Å². The molecule has 0 unspecified atom stereocenters. The lowest BCUT2D eigenvalue weighted by atomic mass is 10.1. The Morgan fingerprint density at radius 3 is 2.45 bits per heavy atom. The molecule has 0 bridgehead atoms. The number of aryl methyl sites for hydroxylation is 1. The Balaban J connectivity index is 2.02. The number of phenols is 1. The zero-order valence-corrected chi connectivity index (χ0v) is 21.2. The maximum Gasteiger partial charge on any atom is 0.260 e. The van der Waals surface area contributed by atoms with Gasteiger partial charge in [0.05, 0.1) is 25.3 Å². The molecule has 4 rings (SSSR count). The van der Waals surface area contributed by atoms with E-state index in [1.807, 2.05) is 6.07 Å². The van der Waals surface area contributed by atoms with Crippen molar-refractivity contribution >= 4 is 28.1 Å². The minimum atomic E-state index is -1.62. The van der Waals surface area contributed by atoms with Crippen LogP contribution in [0.3, 0.4) is 0 Å². The highest BCUT2D eigenvalue weighted by Gasteiger charge is 2.50. The van der Waals surface area contributed by atoms with Crippen molar-refractivity contribution in [3.8, 4) is 11.5 Å². The zero-order valence-electron chi connectivity index (χ0n) is 21.2. The molecule has 1 aliphatic rings. The fourth-order valence-electron chi connectivity index (χ4n) is 4.74. The number of aliphatic hydroxyl groups is 1. The number of aromatic nitrogens is 1. The summed E-state index contributed by atoms with van der Waals surface area (Å²) < 4.78 is 57.6. The first-order chi connectivity index (χ1) is 18.5. The Morgan fingerprint density at radius 1 is 1.05 bits per heavy atom. The van der Waals surface area contributed by atoms with Crippen LogP contribution < -0.4 is 15.0 Å². The predicted octanol–water partition coefficient (Wildman–Crippen LogP) is 4.71. The van der Waals surface area contributed by atoms with Crippen LogP contribution in [0.25, 0.3) is 10.9 Å². The zero-order chi connectivity index (χ0) is 27.1. The van der Waals surface area contributed by atoms with E-state index >= 15 is 0 Å². The number of nitrogens with zero attached hydrogens (tertiary/aromatic N) is 2. The number of rotatable bonds is 14. The van der Waals surface area contributed by atoms with Crippen LogP contribution in [-0.4, -0.2) is 74.1 Å². The highest BCUT2D eigenvalue weighted by atomic mass is 19.1. The molecule has 0 amide bonds. The molecule has 2 aromatic carbocycles. The first-order valence-corrected chi connectivity index (χ1v) is 12.5. The van der Waals surface area contributed by atoms with E-state index in [1.165, 1.54) is 6.07 Å². The number of fused-ring (bicyclic) bond motifs is 3. The van der Waals surface area contributed by atoms with Crippen molar-refractivity contribution in [2.75, 3.05) is 63.2 Å².